The van der Waals surface area contributed by atoms with E-state index >= 15 is 0 Å². The predicted molar refractivity (Wildman–Crippen MR) is 115 cm³/mol. The number of benzene rings is 2. The molecule has 4 rings (SSSR count). The third kappa shape index (κ3) is 4.91. The van der Waals surface area contributed by atoms with Crippen LogP contribution < -0.4 is 15.4 Å². The van der Waals surface area contributed by atoms with Crippen LogP contribution in [0.25, 0.3) is 11.0 Å². The van der Waals surface area contributed by atoms with Crippen LogP contribution in [0, 0.1) is 0 Å². The van der Waals surface area contributed by atoms with Crippen LogP contribution in [0.4, 0.5) is 4.79 Å². The van der Waals surface area contributed by atoms with E-state index < -0.39 is 0 Å². The van der Waals surface area contributed by atoms with E-state index in [9.17, 15) is 9.90 Å². The van der Waals surface area contributed by atoms with E-state index in [2.05, 4.69) is 15.6 Å². The molecule has 1 atom stereocenters. The Kier molecular flexibility index (Phi) is 6.18. The lowest BCUT2D eigenvalue weighted by atomic mass is 9.93. The van der Waals surface area contributed by atoms with Crippen molar-refractivity contribution in [3.05, 3.63) is 59.9 Å². The van der Waals surface area contributed by atoms with Crippen LogP contribution in [-0.2, 0) is 6.42 Å². The number of H-pyrrole nitrogens is 1. The Bertz CT molecular complexity index is 945. The van der Waals surface area contributed by atoms with Gasteiger partial charge in [0.1, 0.15) is 11.6 Å². The molecule has 3 aromatic rings. The van der Waals surface area contributed by atoms with Crippen molar-refractivity contribution in [3.63, 3.8) is 0 Å². The van der Waals surface area contributed by atoms with Gasteiger partial charge in [0.2, 0.25) is 0 Å². The van der Waals surface area contributed by atoms with Crippen molar-refractivity contribution >= 4 is 17.1 Å². The van der Waals surface area contributed by atoms with Crippen molar-refractivity contribution in [3.8, 4) is 5.75 Å². The van der Waals surface area contributed by atoms with Gasteiger partial charge in [-0.3, -0.25) is 0 Å². The molecule has 0 unspecified atom stereocenters. The molecule has 1 fully saturated rings. The molecule has 7 heteroatoms. The van der Waals surface area contributed by atoms with Gasteiger partial charge in [-0.1, -0.05) is 24.3 Å². The first-order chi connectivity index (χ1) is 14.6. The normalized spacial score (nSPS) is 19.9. The Hall–Kier alpha value is -3.06. The summed E-state index contributed by atoms with van der Waals surface area (Å²) in [7, 11) is 1.64. The van der Waals surface area contributed by atoms with Gasteiger partial charge in [0.05, 0.1) is 30.3 Å². The van der Waals surface area contributed by atoms with Gasteiger partial charge in [0.15, 0.2) is 0 Å². The van der Waals surface area contributed by atoms with E-state index in [1.165, 1.54) is 0 Å². The highest BCUT2D eigenvalue weighted by atomic mass is 16.5. The number of aromatic amines is 1. The van der Waals surface area contributed by atoms with Crippen LogP contribution in [0.15, 0.2) is 48.5 Å². The van der Waals surface area contributed by atoms with Gasteiger partial charge >= 0.3 is 6.03 Å². The number of carbonyl (C=O) groups excluding carboxylic acids is 1. The van der Waals surface area contributed by atoms with Crippen molar-refractivity contribution in [2.45, 2.75) is 50.3 Å². The number of hydrogen-bond donors (Lipinski definition) is 4. The summed E-state index contributed by atoms with van der Waals surface area (Å²) in [4.78, 5) is 20.8. The summed E-state index contributed by atoms with van der Waals surface area (Å²) in [6.07, 6.45) is 3.39. The smallest absolute Gasteiger partial charge is 0.315 e. The number of amides is 2. The number of nitrogens with one attached hydrogen (secondary N) is 3. The fraction of sp³-hybridized carbons (Fsp3) is 0.391. The number of ether oxygens (including phenoxy) is 1. The van der Waals surface area contributed by atoms with Crippen molar-refractivity contribution in [2.75, 3.05) is 7.11 Å². The lowest BCUT2D eigenvalue weighted by molar-refractivity contribution is 0.117. The molecule has 0 radical (unpaired) electrons. The number of aliphatic hydroxyl groups is 1. The molecule has 1 aliphatic carbocycles. The average molecular weight is 409 g/mol. The van der Waals surface area contributed by atoms with Crippen molar-refractivity contribution in [1.82, 2.24) is 20.6 Å². The number of rotatable bonds is 6. The molecule has 0 saturated heterocycles. The Balaban J connectivity index is 1.50. The molecule has 1 aromatic heterocycles. The maximum atomic E-state index is 12.7. The van der Waals surface area contributed by atoms with E-state index in [-0.39, 0.29) is 24.2 Å². The number of para-hydroxylation sites is 2. The molecule has 0 spiro atoms. The lowest BCUT2D eigenvalue weighted by Gasteiger charge is -2.27. The van der Waals surface area contributed by atoms with Crippen molar-refractivity contribution < 1.29 is 14.6 Å². The SMILES string of the molecule is COc1ccc(C[C@@H](NC(=O)NC2CCC(O)CC2)c2nc3ccccc3[nH]2)cc1. The van der Waals surface area contributed by atoms with Crippen LogP contribution >= 0.6 is 0 Å². The zero-order valence-electron chi connectivity index (χ0n) is 17.1. The molecule has 0 aliphatic heterocycles. The second kappa shape index (κ2) is 9.17. The fourth-order valence-electron chi connectivity index (χ4n) is 3.96. The Morgan fingerprint density at radius 2 is 1.90 bits per heavy atom. The minimum Gasteiger partial charge on any atom is -0.497 e. The van der Waals surface area contributed by atoms with Gasteiger partial charge in [0, 0.05) is 6.04 Å². The lowest BCUT2D eigenvalue weighted by Crippen LogP contribution is -2.45. The summed E-state index contributed by atoms with van der Waals surface area (Å²) >= 11 is 0. The van der Waals surface area contributed by atoms with E-state index in [0.717, 1.165) is 53.9 Å². The van der Waals surface area contributed by atoms with E-state index in [1.54, 1.807) is 7.11 Å². The van der Waals surface area contributed by atoms with Gasteiger partial charge in [0.25, 0.3) is 0 Å². The molecule has 1 saturated carbocycles. The number of fused-ring (bicyclic) bond motifs is 1. The first-order valence-electron chi connectivity index (χ1n) is 10.4. The summed E-state index contributed by atoms with van der Waals surface area (Å²) in [6.45, 7) is 0. The summed E-state index contributed by atoms with van der Waals surface area (Å²) in [6, 6.07) is 15.2. The summed E-state index contributed by atoms with van der Waals surface area (Å²) < 4.78 is 5.24. The second-order valence-electron chi connectivity index (χ2n) is 7.87. The third-order valence-corrected chi connectivity index (χ3v) is 5.67. The molecule has 1 aliphatic rings. The fourth-order valence-corrected chi connectivity index (χ4v) is 3.96. The van der Waals surface area contributed by atoms with Crippen LogP contribution in [0.3, 0.4) is 0 Å². The van der Waals surface area contributed by atoms with Crippen LogP contribution in [-0.4, -0.2) is 40.4 Å². The van der Waals surface area contributed by atoms with Gasteiger partial charge in [-0.25, -0.2) is 9.78 Å². The van der Waals surface area contributed by atoms with E-state index in [1.807, 2.05) is 48.5 Å². The quantitative estimate of drug-likeness (QED) is 0.502. The molecule has 2 aromatic carbocycles. The maximum absolute atomic E-state index is 12.7. The number of carbonyl (C=O) groups is 1. The van der Waals surface area contributed by atoms with Gasteiger partial charge in [-0.2, -0.15) is 0 Å². The molecular formula is C23H28N4O3. The Morgan fingerprint density at radius 3 is 2.60 bits per heavy atom. The molecule has 0 bridgehead atoms. The summed E-state index contributed by atoms with van der Waals surface area (Å²) in [5.74, 6) is 1.52. The maximum Gasteiger partial charge on any atom is 0.315 e. The monoisotopic (exact) mass is 408 g/mol. The number of hydrogen-bond acceptors (Lipinski definition) is 4. The number of nitrogens with zero attached hydrogens (tertiary/aromatic N) is 1. The van der Waals surface area contributed by atoms with Gasteiger partial charge in [-0.15, -0.1) is 0 Å². The minimum absolute atomic E-state index is 0.0886. The second-order valence-corrected chi connectivity index (χ2v) is 7.87. The predicted octanol–water partition coefficient (Wildman–Crippen LogP) is 3.46. The highest BCUT2D eigenvalue weighted by Crippen LogP contribution is 2.22. The third-order valence-electron chi connectivity index (χ3n) is 5.67. The van der Waals surface area contributed by atoms with E-state index in [4.69, 9.17) is 9.72 Å². The number of aromatic nitrogens is 2. The Morgan fingerprint density at radius 1 is 1.17 bits per heavy atom. The number of aliphatic hydroxyl groups excluding tert-OH is 1. The largest absolute Gasteiger partial charge is 0.497 e. The molecule has 30 heavy (non-hydrogen) atoms. The standard InChI is InChI=1S/C23H28N4O3/c1-30-18-12-6-15(7-13-18)14-21(22-25-19-4-2-3-5-20(19)26-22)27-23(29)24-16-8-10-17(28)11-9-16/h2-7,12-13,16-17,21,28H,8-11,14H2,1H3,(H,25,26)(H2,24,27,29)/t16?,17?,21-/m1/s1. The highest BCUT2D eigenvalue weighted by Gasteiger charge is 2.23. The van der Waals surface area contributed by atoms with Crippen molar-refractivity contribution in [2.24, 2.45) is 0 Å². The highest BCUT2D eigenvalue weighted by molar-refractivity contribution is 5.76. The molecule has 1 heterocycles. The zero-order chi connectivity index (χ0) is 20.9. The topological polar surface area (TPSA) is 99.3 Å². The van der Waals surface area contributed by atoms with Gasteiger partial charge in [-0.05, 0) is 61.9 Å². The molecular weight excluding hydrogens is 380 g/mol. The minimum atomic E-state index is -0.306. The molecule has 4 N–H and O–H groups in total. The van der Waals surface area contributed by atoms with Crippen LogP contribution in [0.1, 0.15) is 43.1 Å². The first-order valence-corrected chi connectivity index (χ1v) is 10.4. The van der Waals surface area contributed by atoms with Gasteiger partial charge < -0.3 is 25.5 Å². The van der Waals surface area contributed by atoms with Crippen LogP contribution in [0.5, 0.6) is 5.75 Å². The Labute approximate surface area is 175 Å². The number of urea groups is 1. The van der Waals surface area contributed by atoms with E-state index in [0.29, 0.717) is 6.42 Å². The van der Waals surface area contributed by atoms with Crippen molar-refractivity contribution in [1.29, 1.82) is 0 Å². The summed E-state index contributed by atoms with van der Waals surface area (Å²) in [5, 5.41) is 15.8. The average Bonchev–Trinajstić information content (AvgIpc) is 3.20. The molecule has 2 amide bonds. The molecule has 7 nitrogen and oxygen atoms in total. The van der Waals surface area contributed by atoms with Crippen LogP contribution in [0.2, 0.25) is 0 Å². The molecule has 158 valence electrons. The summed E-state index contributed by atoms with van der Waals surface area (Å²) in [5.41, 5.74) is 2.88. The first kappa shape index (κ1) is 20.2. The number of imidazole rings is 1. The zero-order valence-corrected chi connectivity index (χ0v) is 17.1. The number of methoxy groups -OCH3 is 1.